The summed E-state index contributed by atoms with van der Waals surface area (Å²) >= 11 is 0. The molecule has 0 aromatic rings. The summed E-state index contributed by atoms with van der Waals surface area (Å²) in [6.07, 6.45) is 0.904. The van der Waals surface area contributed by atoms with E-state index in [4.69, 9.17) is 5.11 Å². The van der Waals surface area contributed by atoms with E-state index in [2.05, 4.69) is 10.6 Å². The van der Waals surface area contributed by atoms with Crippen LogP contribution in [0, 0.1) is 5.92 Å². The van der Waals surface area contributed by atoms with E-state index in [9.17, 15) is 4.79 Å². The van der Waals surface area contributed by atoms with Crippen LogP contribution in [0.2, 0.25) is 0 Å². The summed E-state index contributed by atoms with van der Waals surface area (Å²) < 4.78 is 0. The number of nitrogens with one attached hydrogen (secondary N) is 2. The molecule has 0 rings (SSSR count). The first-order valence-corrected chi connectivity index (χ1v) is 5.97. The van der Waals surface area contributed by atoms with E-state index in [1.54, 1.807) is 0 Å². The number of amides is 1. The highest BCUT2D eigenvalue weighted by molar-refractivity contribution is 5.78. The number of hydrogen-bond acceptors (Lipinski definition) is 3. The van der Waals surface area contributed by atoms with E-state index in [1.807, 2.05) is 34.6 Å². The van der Waals surface area contributed by atoms with Gasteiger partial charge in [0.15, 0.2) is 0 Å². The summed E-state index contributed by atoms with van der Waals surface area (Å²) in [5.74, 6) is 0.163. The molecule has 2 atom stereocenters. The van der Waals surface area contributed by atoms with E-state index in [0.717, 1.165) is 6.42 Å². The fourth-order valence-corrected chi connectivity index (χ4v) is 1.12. The first-order valence-electron chi connectivity index (χ1n) is 5.97. The van der Waals surface area contributed by atoms with Crippen LogP contribution in [0.4, 0.5) is 0 Å². The van der Waals surface area contributed by atoms with Crippen LogP contribution in [0.3, 0.4) is 0 Å². The van der Waals surface area contributed by atoms with E-state index in [0.29, 0.717) is 6.54 Å². The van der Waals surface area contributed by atoms with Gasteiger partial charge in [-0.25, -0.2) is 0 Å². The van der Waals surface area contributed by atoms with Crippen molar-refractivity contribution in [2.75, 3.05) is 13.2 Å². The molecular weight excluding hydrogens is 204 g/mol. The van der Waals surface area contributed by atoms with Crippen LogP contribution in [-0.2, 0) is 4.79 Å². The number of hydrogen-bond donors (Lipinski definition) is 3. The second kappa shape index (κ2) is 6.86. The van der Waals surface area contributed by atoms with Gasteiger partial charge in [-0.05, 0) is 33.1 Å². The lowest BCUT2D eigenvalue weighted by molar-refractivity contribution is -0.122. The molecule has 0 saturated heterocycles. The average molecular weight is 230 g/mol. The lowest BCUT2D eigenvalue weighted by Crippen LogP contribution is -2.48. The third-order valence-electron chi connectivity index (χ3n) is 3.09. The highest BCUT2D eigenvalue weighted by Crippen LogP contribution is 2.06. The highest BCUT2D eigenvalue weighted by Gasteiger charge is 2.18. The quantitative estimate of drug-likeness (QED) is 0.609. The van der Waals surface area contributed by atoms with Gasteiger partial charge in [-0.15, -0.1) is 0 Å². The van der Waals surface area contributed by atoms with Gasteiger partial charge >= 0.3 is 0 Å². The number of aliphatic hydroxyl groups is 1. The predicted octanol–water partition coefficient (Wildman–Crippen LogP) is 0.898. The minimum Gasteiger partial charge on any atom is -0.396 e. The largest absolute Gasteiger partial charge is 0.396 e. The van der Waals surface area contributed by atoms with Crippen molar-refractivity contribution >= 4 is 5.91 Å². The lowest BCUT2D eigenvalue weighted by atomic mass is 10.0. The van der Waals surface area contributed by atoms with Gasteiger partial charge in [-0.2, -0.15) is 0 Å². The van der Waals surface area contributed by atoms with Crippen LogP contribution in [0.15, 0.2) is 0 Å². The van der Waals surface area contributed by atoms with Crippen molar-refractivity contribution in [3.05, 3.63) is 0 Å². The Morgan fingerprint density at radius 1 is 1.38 bits per heavy atom. The second-order valence-corrected chi connectivity index (χ2v) is 5.12. The first-order chi connectivity index (χ1) is 7.32. The van der Waals surface area contributed by atoms with Gasteiger partial charge in [0.05, 0.1) is 6.54 Å². The highest BCUT2D eigenvalue weighted by atomic mass is 16.3. The molecule has 96 valence electrons. The Labute approximate surface area is 98.8 Å². The van der Waals surface area contributed by atoms with Crippen molar-refractivity contribution < 1.29 is 9.90 Å². The summed E-state index contributed by atoms with van der Waals surface area (Å²) in [5, 5.41) is 15.0. The van der Waals surface area contributed by atoms with Gasteiger partial charge in [0.1, 0.15) is 0 Å². The summed E-state index contributed by atoms with van der Waals surface area (Å²) in [6, 6.07) is 0.139. The molecule has 4 nitrogen and oxygen atoms in total. The minimum absolute atomic E-state index is 0.00356. The summed E-state index contributed by atoms with van der Waals surface area (Å²) in [6.45, 7) is 10.4. The molecule has 0 saturated carbocycles. The Hall–Kier alpha value is -0.610. The van der Waals surface area contributed by atoms with Gasteiger partial charge < -0.3 is 15.7 Å². The summed E-state index contributed by atoms with van der Waals surface area (Å²) in [5.41, 5.74) is -0.148. The van der Waals surface area contributed by atoms with Crippen molar-refractivity contribution in [3.63, 3.8) is 0 Å². The zero-order valence-corrected chi connectivity index (χ0v) is 11.1. The Kier molecular flexibility index (Phi) is 6.60. The molecular formula is C12H26N2O2. The molecule has 0 aromatic heterocycles. The van der Waals surface area contributed by atoms with Crippen molar-refractivity contribution in [1.29, 1.82) is 0 Å². The van der Waals surface area contributed by atoms with Crippen LogP contribution in [0.5, 0.6) is 0 Å². The van der Waals surface area contributed by atoms with E-state index in [-0.39, 0.29) is 30.0 Å². The van der Waals surface area contributed by atoms with Gasteiger partial charge in [-0.1, -0.05) is 13.8 Å². The van der Waals surface area contributed by atoms with Gasteiger partial charge in [-0.3, -0.25) is 4.79 Å². The third kappa shape index (κ3) is 6.08. The molecule has 0 aliphatic carbocycles. The molecule has 1 amide bonds. The van der Waals surface area contributed by atoms with Gasteiger partial charge in [0.2, 0.25) is 5.91 Å². The summed E-state index contributed by atoms with van der Waals surface area (Å²) in [7, 11) is 0. The Morgan fingerprint density at radius 2 is 1.94 bits per heavy atom. The number of aliphatic hydroxyl groups excluding tert-OH is 1. The average Bonchev–Trinajstić information content (AvgIpc) is 2.24. The topological polar surface area (TPSA) is 61.4 Å². The number of carbonyl (C=O) groups excluding carboxylic acids is 1. The van der Waals surface area contributed by atoms with Gasteiger partial charge in [0.25, 0.3) is 0 Å². The molecule has 0 bridgehead atoms. The molecule has 16 heavy (non-hydrogen) atoms. The fraction of sp³-hybridized carbons (Fsp3) is 0.917. The second-order valence-electron chi connectivity index (χ2n) is 5.12. The van der Waals surface area contributed by atoms with Crippen molar-refractivity contribution in [2.45, 2.75) is 52.6 Å². The monoisotopic (exact) mass is 230 g/mol. The van der Waals surface area contributed by atoms with E-state index in [1.165, 1.54) is 0 Å². The third-order valence-corrected chi connectivity index (χ3v) is 3.09. The van der Waals surface area contributed by atoms with Crippen LogP contribution in [-0.4, -0.2) is 35.7 Å². The van der Waals surface area contributed by atoms with Crippen molar-refractivity contribution in [2.24, 2.45) is 5.92 Å². The minimum atomic E-state index is -0.148. The molecule has 0 spiro atoms. The van der Waals surface area contributed by atoms with Crippen molar-refractivity contribution in [3.8, 4) is 0 Å². The maximum absolute atomic E-state index is 11.6. The Morgan fingerprint density at radius 3 is 2.38 bits per heavy atom. The zero-order chi connectivity index (χ0) is 12.8. The van der Waals surface area contributed by atoms with Crippen LogP contribution < -0.4 is 10.6 Å². The smallest absolute Gasteiger partial charge is 0.234 e. The Balaban J connectivity index is 3.90. The fourth-order valence-electron chi connectivity index (χ4n) is 1.12. The van der Waals surface area contributed by atoms with Crippen LogP contribution >= 0.6 is 0 Å². The lowest BCUT2D eigenvalue weighted by Gasteiger charge is -2.25. The van der Waals surface area contributed by atoms with Crippen LogP contribution in [0.1, 0.15) is 41.0 Å². The first kappa shape index (κ1) is 15.4. The van der Waals surface area contributed by atoms with Crippen molar-refractivity contribution in [1.82, 2.24) is 10.6 Å². The normalized spacial score (nSPS) is 15.6. The molecule has 0 heterocycles. The molecule has 0 fully saturated rings. The van der Waals surface area contributed by atoms with Gasteiger partial charge in [0, 0.05) is 18.2 Å². The molecule has 2 unspecified atom stereocenters. The maximum atomic E-state index is 11.6. The molecule has 0 aliphatic heterocycles. The molecule has 0 aliphatic rings. The van der Waals surface area contributed by atoms with E-state index >= 15 is 0 Å². The van der Waals surface area contributed by atoms with Crippen LogP contribution in [0.25, 0.3) is 0 Å². The predicted molar refractivity (Wildman–Crippen MR) is 66.2 cm³/mol. The molecule has 0 aromatic carbocycles. The number of carbonyl (C=O) groups is 1. The number of rotatable bonds is 7. The molecule has 3 N–H and O–H groups in total. The molecule has 0 radical (unpaired) electrons. The zero-order valence-electron chi connectivity index (χ0n) is 11.1. The summed E-state index contributed by atoms with van der Waals surface area (Å²) in [4.78, 5) is 11.6. The Bertz CT molecular complexity index is 217. The molecule has 4 heteroatoms. The maximum Gasteiger partial charge on any atom is 0.234 e. The van der Waals surface area contributed by atoms with E-state index < -0.39 is 0 Å². The standard InChI is InChI=1S/C12H26N2O2/c1-6-12(4,5)14-11(16)7-13-10(3)9(2)8-15/h9-10,13,15H,6-8H2,1-5H3,(H,14,16). The SMILES string of the molecule is CCC(C)(C)NC(=O)CNC(C)C(C)CO.